The summed E-state index contributed by atoms with van der Waals surface area (Å²) in [5, 5.41) is 0. The van der Waals surface area contributed by atoms with E-state index in [4.69, 9.17) is 0 Å². The molecular weight excluding hydrogens is 331 g/mol. The average Bonchev–Trinajstić information content (AvgIpc) is 2.82. The molecule has 26 heavy (non-hydrogen) atoms. The molecule has 0 aliphatic rings. The van der Waals surface area contributed by atoms with E-state index in [1.54, 1.807) is 0 Å². The van der Waals surface area contributed by atoms with Gasteiger partial charge in [-0.05, 0) is 60.3 Å². The third-order valence-corrected chi connectivity index (χ3v) is 6.43. The SMILES string of the molecule is Cc1cc(C)c(B(c2cc(C)sc2C)c2c(C)cc(C)cc2C)c(C)c1. The van der Waals surface area contributed by atoms with Crippen LogP contribution in [0, 0.1) is 55.4 Å². The van der Waals surface area contributed by atoms with Gasteiger partial charge in [0.2, 0.25) is 6.71 Å². The van der Waals surface area contributed by atoms with Crippen LogP contribution in [0.25, 0.3) is 0 Å². The van der Waals surface area contributed by atoms with Gasteiger partial charge in [0.05, 0.1) is 0 Å². The van der Waals surface area contributed by atoms with Crippen LogP contribution in [-0.4, -0.2) is 6.71 Å². The topological polar surface area (TPSA) is 0 Å². The molecule has 0 spiro atoms. The van der Waals surface area contributed by atoms with Crippen molar-refractivity contribution in [1.82, 2.24) is 0 Å². The van der Waals surface area contributed by atoms with Crippen LogP contribution >= 0.6 is 11.3 Å². The predicted octanol–water partition coefficient (Wildman–Crippen LogP) is 4.73. The first kappa shape index (κ1) is 19.0. The minimum absolute atomic E-state index is 0.307. The van der Waals surface area contributed by atoms with Gasteiger partial charge >= 0.3 is 0 Å². The largest absolute Gasteiger partial charge is 0.244 e. The van der Waals surface area contributed by atoms with Crippen LogP contribution < -0.4 is 16.4 Å². The van der Waals surface area contributed by atoms with Crippen molar-refractivity contribution >= 4 is 34.4 Å². The second-order valence-corrected chi connectivity index (χ2v) is 9.39. The maximum atomic E-state index is 2.40. The van der Waals surface area contributed by atoms with Crippen LogP contribution in [0.2, 0.25) is 0 Å². The van der Waals surface area contributed by atoms with Gasteiger partial charge in [-0.15, -0.1) is 11.3 Å². The van der Waals surface area contributed by atoms with E-state index in [1.807, 2.05) is 11.3 Å². The molecule has 0 unspecified atom stereocenters. The quantitative estimate of drug-likeness (QED) is 0.593. The molecule has 0 saturated heterocycles. The highest BCUT2D eigenvalue weighted by Crippen LogP contribution is 2.17. The lowest BCUT2D eigenvalue weighted by Gasteiger charge is -2.24. The van der Waals surface area contributed by atoms with Crippen LogP contribution in [0.3, 0.4) is 0 Å². The third kappa shape index (κ3) is 3.40. The third-order valence-electron chi connectivity index (χ3n) is 5.44. The van der Waals surface area contributed by atoms with Crippen molar-refractivity contribution < 1.29 is 0 Å². The van der Waals surface area contributed by atoms with Crippen LogP contribution in [-0.2, 0) is 0 Å². The summed E-state index contributed by atoms with van der Waals surface area (Å²) in [4.78, 5) is 2.83. The number of hydrogen-bond acceptors (Lipinski definition) is 1. The van der Waals surface area contributed by atoms with Gasteiger partial charge in [0.25, 0.3) is 0 Å². The van der Waals surface area contributed by atoms with Crippen LogP contribution in [0.5, 0.6) is 0 Å². The Hall–Kier alpha value is -1.80. The molecule has 0 atom stereocenters. The zero-order valence-electron chi connectivity index (χ0n) is 17.4. The van der Waals surface area contributed by atoms with Crippen LogP contribution in [0.4, 0.5) is 0 Å². The van der Waals surface area contributed by atoms with E-state index >= 15 is 0 Å². The Balaban J connectivity index is 2.38. The van der Waals surface area contributed by atoms with E-state index in [2.05, 4.69) is 85.7 Å². The fourth-order valence-corrected chi connectivity index (χ4v) is 5.65. The number of aryl methyl sites for hydroxylation is 8. The van der Waals surface area contributed by atoms with Gasteiger partial charge in [0.1, 0.15) is 0 Å². The predicted molar refractivity (Wildman–Crippen MR) is 120 cm³/mol. The van der Waals surface area contributed by atoms with Crippen molar-refractivity contribution in [2.24, 2.45) is 0 Å². The zero-order chi connectivity index (χ0) is 19.2. The summed E-state index contributed by atoms with van der Waals surface area (Å²) in [5.41, 5.74) is 12.7. The van der Waals surface area contributed by atoms with Gasteiger partial charge in [0.15, 0.2) is 0 Å². The molecule has 3 rings (SSSR count). The van der Waals surface area contributed by atoms with Crippen molar-refractivity contribution in [1.29, 1.82) is 0 Å². The standard InChI is InChI=1S/C24H29BS/c1-14-9-16(3)23(17(4)10-14)25(22-13-20(7)26-21(22)8)24-18(5)11-15(2)12-19(24)6/h9-13H,1-8H3. The van der Waals surface area contributed by atoms with E-state index in [9.17, 15) is 0 Å². The molecule has 3 aromatic rings. The first-order chi connectivity index (χ1) is 12.2. The Morgan fingerprint density at radius 2 is 0.962 bits per heavy atom. The summed E-state index contributed by atoms with van der Waals surface area (Å²) < 4.78 is 0. The number of benzene rings is 2. The fourth-order valence-electron chi connectivity index (χ4n) is 4.69. The van der Waals surface area contributed by atoms with Gasteiger partial charge in [-0.2, -0.15) is 0 Å². The Kier molecular flexibility index (Phi) is 5.17. The molecule has 2 aromatic carbocycles. The molecule has 0 radical (unpaired) electrons. The van der Waals surface area contributed by atoms with E-state index < -0.39 is 0 Å². The molecule has 1 aromatic heterocycles. The molecule has 0 amide bonds. The first-order valence-corrected chi connectivity index (χ1v) is 10.2. The summed E-state index contributed by atoms with van der Waals surface area (Å²) in [7, 11) is 0. The second kappa shape index (κ2) is 7.08. The highest BCUT2D eigenvalue weighted by atomic mass is 32.1. The van der Waals surface area contributed by atoms with Crippen LogP contribution in [0.1, 0.15) is 43.1 Å². The lowest BCUT2D eigenvalue weighted by Crippen LogP contribution is -2.56. The van der Waals surface area contributed by atoms with Gasteiger partial charge in [-0.3, -0.25) is 0 Å². The molecule has 0 aliphatic carbocycles. The van der Waals surface area contributed by atoms with E-state index in [0.29, 0.717) is 6.71 Å². The number of hydrogen-bond donors (Lipinski definition) is 0. The van der Waals surface area contributed by atoms with E-state index in [-0.39, 0.29) is 0 Å². The zero-order valence-corrected chi connectivity index (χ0v) is 18.2. The Labute approximate surface area is 163 Å². The smallest absolute Gasteiger partial charge is 0.147 e. The lowest BCUT2D eigenvalue weighted by atomic mass is 9.34. The number of thiophene rings is 1. The maximum absolute atomic E-state index is 2.40. The molecule has 1 heterocycles. The molecule has 0 N–H and O–H groups in total. The summed E-state index contributed by atoms with van der Waals surface area (Å²) in [6.07, 6.45) is 0. The molecular formula is C24H29BS. The van der Waals surface area contributed by atoms with Crippen LogP contribution in [0.15, 0.2) is 30.3 Å². The van der Waals surface area contributed by atoms with Gasteiger partial charge in [0, 0.05) is 4.88 Å². The minimum Gasteiger partial charge on any atom is -0.147 e. The maximum Gasteiger partial charge on any atom is 0.244 e. The normalized spacial score (nSPS) is 11.1. The van der Waals surface area contributed by atoms with Gasteiger partial charge in [-0.1, -0.05) is 80.1 Å². The Morgan fingerprint density at radius 3 is 1.27 bits per heavy atom. The van der Waals surface area contributed by atoms with Crippen molar-refractivity contribution in [2.75, 3.05) is 0 Å². The fraction of sp³-hybridized carbons (Fsp3) is 0.333. The first-order valence-electron chi connectivity index (χ1n) is 9.41. The summed E-state index contributed by atoms with van der Waals surface area (Å²) in [5.74, 6) is 0. The summed E-state index contributed by atoms with van der Waals surface area (Å²) in [6.45, 7) is 18.3. The van der Waals surface area contributed by atoms with E-state index in [0.717, 1.165) is 0 Å². The highest BCUT2D eigenvalue weighted by molar-refractivity contribution is 7.14. The van der Waals surface area contributed by atoms with Crippen molar-refractivity contribution in [3.63, 3.8) is 0 Å². The molecule has 0 aliphatic heterocycles. The molecule has 0 nitrogen and oxygen atoms in total. The van der Waals surface area contributed by atoms with Gasteiger partial charge < -0.3 is 0 Å². The minimum atomic E-state index is 0.307. The lowest BCUT2D eigenvalue weighted by molar-refractivity contribution is 1.34. The summed E-state index contributed by atoms with van der Waals surface area (Å²) in [6, 6.07) is 11.7. The van der Waals surface area contributed by atoms with Gasteiger partial charge in [-0.25, -0.2) is 0 Å². The Morgan fingerprint density at radius 1 is 0.577 bits per heavy atom. The van der Waals surface area contributed by atoms with Crippen molar-refractivity contribution in [3.05, 3.63) is 73.5 Å². The molecule has 0 saturated carbocycles. The molecule has 2 heteroatoms. The van der Waals surface area contributed by atoms with E-state index in [1.165, 1.54) is 59.5 Å². The highest BCUT2D eigenvalue weighted by Gasteiger charge is 2.30. The molecule has 0 fully saturated rings. The second-order valence-electron chi connectivity index (χ2n) is 7.93. The Bertz CT molecular complexity index is 874. The van der Waals surface area contributed by atoms with Crippen molar-refractivity contribution in [3.8, 4) is 0 Å². The summed E-state index contributed by atoms with van der Waals surface area (Å²) >= 11 is 1.92. The molecule has 0 bridgehead atoms. The monoisotopic (exact) mass is 360 g/mol. The van der Waals surface area contributed by atoms with Crippen molar-refractivity contribution in [2.45, 2.75) is 55.4 Å². The average molecular weight is 360 g/mol. The number of rotatable bonds is 3. The molecule has 134 valence electrons.